The van der Waals surface area contributed by atoms with Crippen LogP contribution >= 0.6 is 23.2 Å². The zero-order valence-corrected chi connectivity index (χ0v) is 10.2. The molecule has 0 aliphatic rings. The third-order valence-electron chi connectivity index (χ3n) is 2.19. The molecule has 0 aliphatic heterocycles. The molecule has 0 saturated heterocycles. The number of fused-ring (bicyclic) bond motifs is 1. The van der Waals surface area contributed by atoms with Crippen molar-refractivity contribution in [3.63, 3.8) is 0 Å². The molecule has 2 rings (SSSR count). The molecule has 0 fully saturated rings. The van der Waals surface area contributed by atoms with Crippen molar-refractivity contribution in [2.24, 2.45) is 0 Å². The van der Waals surface area contributed by atoms with E-state index >= 15 is 0 Å². The van der Waals surface area contributed by atoms with Crippen molar-refractivity contribution >= 4 is 45.7 Å². The van der Waals surface area contributed by atoms with Gasteiger partial charge in [0.2, 0.25) is 0 Å². The summed E-state index contributed by atoms with van der Waals surface area (Å²) < 4.78 is 0. The molecule has 0 saturated carbocycles. The van der Waals surface area contributed by atoms with Crippen molar-refractivity contribution in [2.45, 2.75) is 0 Å². The number of nitrogens with zero attached hydrogens (tertiary/aromatic N) is 3. The Labute approximate surface area is 113 Å². The second-order valence-corrected chi connectivity index (χ2v) is 4.11. The predicted octanol–water partition coefficient (Wildman–Crippen LogP) is 2.05. The summed E-state index contributed by atoms with van der Waals surface area (Å²) in [5.74, 6) is -1.06. The van der Waals surface area contributed by atoms with E-state index in [0.717, 1.165) is 6.07 Å². The maximum Gasteiger partial charge on any atom is 0.430 e. The van der Waals surface area contributed by atoms with Gasteiger partial charge in [-0.15, -0.1) is 0 Å². The van der Waals surface area contributed by atoms with Gasteiger partial charge in [-0.1, -0.05) is 23.2 Å². The highest BCUT2D eigenvalue weighted by atomic mass is 35.5. The van der Waals surface area contributed by atoms with E-state index < -0.39 is 37.5 Å². The molecule has 2 aromatic rings. The van der Waals surface area contributed by atoms with Gasteiger partial charge < -0.3 is 15.1 Å². The number of nitro benzene ring substituents is 1. The molecule has 1 N–H and O–H groups in total. The molecule has 1 heterocycles. The van der Waals surface area contributed by atoms with Gasteiger partial charge in [0.25, 0.3) is 5.52 Å². The standard InChI is InChI=1S/C8H2Cl2N4O5/c9-2-1-3-5(6(4(2)10)13(16)17)12-7(14(18)19)8(15)11-3/h1H,(H,11,15). The van der Waals surface area contributed by atoms with Crippen LogP contribution in [0, 0.1) is 20.2 Å². The molecule has 19 heavy (non-hydrogen) atoms. The predicted molar refractivity (Wildman–Crippen MR) is 65.7 cm³/mol. The monoisotopic (exact) mass is 304 g/mol. The molecule has 11 heteroatoms. The number of benzene rings is 1. The lowest BCUT2D eigenvalue weighted by Crippen LogP contribution is -2.14. The van der Waals surface area contributed by atoms with Gasteiger partial charge in [0, 0.05) is 0 Å². The van der Waals surface area contributed by atoms with Gasteiger partial charge in [0.05, 0.1) is 9.95 Å². The number of nitro groups is 2. The van der Waals surface area contributed by atoms with Crippen LogP contribution in [0.5, 0.6) is 0 Å². The van der Waals surface area contributed by atoms with E-state index in [1.165, 1.54) is 0 Å². The highest BCUT2D eigenvalue weighted by Gasteiger charge is 2.29. The van der Waals surface area contributed by atoms with Gasteiger partial charge in [-0.2, -0.15) is 0 Å². The van der Waals surface area contributed by atoms with E-state index in [2.05, 4.69) is 9.97 Å². The van der Waals surface area contributed by atoms with E-state index in [9.17, 15) is 25.0 Å². The number of halogens is 2. The van der Waals surface area contributed by atoms with E-state index in [1.54, 1.807) is 0 Å². The summed E-state index contributed by atoms with van der Waals surface area (Å²) in [7, 11) is 0. The summed E-state index contributed by atoms with van der Waals surface area (Å²) in [4.78, 5) is 36.4. The molecular formula is C8H2Cl2N4O5. The minimum atomic E-state index is -1.09. The molecule has 1 aromatic carbocycles. The Morgan fingerprint density at radius 3 is 2.37 bits per heavy atom. The van der Waals surface area contributed by atoms with Gasteiger partial charge in [0.15, 0.2) is 0 Å². The fourth-order valence-corrected chi connectivity index (χ4v) is 1.85. The first-order valence-corrected chi connectivity index (χ1v) is 5.29. The zero-order valence-electron chi connectivity index (χ0n) is 8.72. The number of aromatic nitrogens is 2. The molecule has 0 atom stereocenters. The molecule has 1 aromatic heterocycles. The van der Waals surface area contributed by atoms with Crippen molar-refractivity contribution in [1.29, 1.82) is 0 Å². The molecular weight excluding hydrogens is 303 g/mol. The Hall–Kier alpha value is -2.26. The minimum absolute atomic E-state index is 0.114. The van der Waals surface area contributed by atoms with Gasteiger partial charge in [-0.3, -0.25) is 14.9 Å². The SMILES string of the molecule is O=c1[nH]c2cc(Cl)c(Cl)c([N+](=O)[O-])c2nc1[N+](=O)[O-]. The fraction of sp³-hybridized carbons (Fsp3) is 0. The third kappa shape index (κ3) is 2.09. The van der Waals surface area contributed by atoms with E-state index in [-0.39, 0.29) is 10.5 Å². The molecule has 0 bridgehead atoms. The highest BCUT2D eigenvalue weighted by Crippen LogP contribution is 2.37. The second-order valence-electron chi connectivity index (χ2n) is 3.32. The van der Waals surface area contributed by atoms with E-state index in [1.807, 2.05) is 0 Å². The minimum Gasteiger partial charge on any atom is -0.358 e. The average molecular weight is 305 g/mol. The van der Waals surface area contributed by atoms with Crippen molar-refractivity contribution in [2.75, 3.05) is 0 Å². The van der Waals surface area contributed by atoms with Crippen LogP contribution in [0.4, 0.5) is 11.5 Å². The Kier molecular flexibility index (Phi) is 3.08. The Morgan fingerprint density at radius 2 is 1.84 bits per heavy atom. The Bertz CT molecular complexity index is 787. The number of H-pyrrole nitrogens is 1. The topological polar surface area (TPSA) is 132 Å². The first-order valence-electron chi connectivity index (χ1n) is 4.53. The van der Waals surface area contributed by atoms with Crippen molar-refractivity contribution in [1.82, 2.24) is 9.97 Å². The van der Waals surface area contributed by atoms with Gasteiger partial charge in [-0.25, -0.2) is 0 Å². The first-order chi connectivity index (χ1) is 8.82. The summed E-state index contributed by atoms with van der Waals surface area (Å²) in [6.45, 7) is 0. The molecule has 9 nitrogen and oxygen atoms in total. The lowest BCUT2D eigenvalue weighted by molar-refractivity contribution is -0.391. The van der Waals surface area contributed by atoms with Gasteiger partial charge in [-0.05, 0) is 16.0 Å². The average Bonchev–Trinajstić information content (AvgIpc) is 2.29. The number of rotatable bonds is 2. The summed E-state index contributed by atoms with van der Waals surface area (Å²) in [6.07, 6.45) is 0. The molecule has 0 amide bonds. The number of nitrogens with one attached hydrogen (secondary N) is 1. The lowest BCUT2D eigenvalue weighted by Gasteiger charge is -2.00. The molecule has 0 radical (unpaired) electrons. The second kappa shape index (κ2) is 4.44. The van der Waals surface area contributed by atoms with Crippen LogP contribution < -0.4 is 5.56 Å². The summed E-state index contributed by atoms with van der Waals surface area (Å²) in [5, 5.41) is 20.9. The molecule has 0 unspecified atom stereocenters. The van der Waals surface area contributed by atoms with E-state index in [0.29, 0.717) is 0 Å². The van der Waals surface area contributed by atoms with Crippen molar-refractivity contribution in [3.8, 4) is 0 Å². The Balaban J connectivity index is 3.02. The maximum absolute atomic E-state index is 11.3. The summed E-state index contributed by atoms with van der Waals surface area (Å²) in [6, 6.07) is 1.13. The maximum atomic E-state index is 11.3. The summed E-state index contributed by atoms with van der Waals surface area (Å²) in [5.41, 5.74) is -2.32. The smallest absolute Gasteiger partial charge is 0.358 e. The van der Waals surface area contributed by atoms with Crippen LogP contribution in [-0.4, -0.2) is 19.8 Å². The van der Waals surface area contributed by atoms with Crippen LogP contribution in [0.1, 0.15) is 0 Å². The molecule has 0 spiro atoms. The van der Waals surface area contributed by atoms with Crippen LogP contribution in [0.2, 0.25) is 10.0 Å². The van der Waals surface area contributed by atoms with Crippen molar-refractivity contribution in [3.05, 3.63) is 46.7 Å². The lowest BCUT2D eigenvalue weighted by atomic mass is 10.2. The van der Waals surface area contributed by atoms with Crippen LogP contribution in [0.3, 0.4) is 0 Å². The number of hydrogen-bond donors (Lipinski definition) is 1. The first kappa shape index (κ1) is 13.2. The Morgan fingerprint density at radius 1 is 1.21 bits per heavy atom. The molecule has 98 valence electrons. The fourth-order valence-electron chi connectivity index (χ4n) is 1.44. The largest absolute Gasteiger partial charge is 0.430 e. The number of hydrogen-bond acceptors (Lipinski definition) is 6. The quantitative estimate of drug-likeness (QED) is 0.667. The van der Waals surface area contributed by atoms with Gasteiger partial charge in [0.1, 0.15) is 10.5 Å². The van der Waals surface area contributed by atoms with Crippen molar-refractivity contribution < 1.29 is 9.85 Å². The van der Waals surface area contributed by atoms with Crippen LogP contribution in [0.25, 0.3) is 11.0 Å². The van der Waals surface area contributed by atoms with Gasteiger partial charge >= 0.3 is 17.1 Å². The van der Waals surface area contributed by atoms with Crippen LogP contribution in [-0.2, 0) is 0 Å². The highest BCUT2D eigenvalue weighted by molar-refractivity contribution is 6.44. The van der Waals surface area contributed by atoms with Crippen LogP contribution in [0.15, 0.2) is 10.9 Å². The molecule has 0 aliphatic carbocycles. The van der Waals surface area contributed by atoms with E-state index in [4.69, 9.17) is 23.2 Å². The summed E-state index contributed by atoms with van der Waals surface area (Å²) >= 11 is 11.3. The zero-order chi connectivity index (χ0) is 14.3. The number of aromatic amines is 1. The normalized spacial score (nSPS) is 10.6. The third-order valence-corrected chi connectivity index (χ3v) is 2.97.